The molecule has 0 bridgehead atoms. The first-order valence-corrected chi connectivity index (χ1v) is 10.8. The molecule has 30 heavy (non-hydrogen) atoms. The number of rotatable bonds is 3. The van der Waals surface area contributed by atoms with E-state index in [0.717, 1.165) is 0 Å². The van der Waals surface area contributed by atoms with Gasteiger partial charge in [0.15, 0.2) is 17.5 Å². The van der Waals surface area contributed by atoms with Crippen LogP contribution in [0, 0.1) is 17.5 Å². The summed E-state index contributed by atoms with van der Waals surface area (Å²) < 4.78 is 45.3. The highest BCUT2D eigenvalue weighted by molar-refractivity contribution is 9.11. The second-order valence-electron chi connectivity index (χ2n) is 6.18. The average molecular weight is 600 g/mol. The van der Waals surface area contributed by atoms with Gasteiger partial charge in [0, 0.05) is 13.4 Å². The molecule has 1 heterocycles. The van der Waals surface area contributed by atoms with Gasteiger partial charge in [-0.2, -0.15) is 0 Å². The maximum atomic E-state index is 14.6. The molecule has 0 unspecified atom stereocenters. The van der Waals surface area contributed by atoms with E-state index < -0.39 is 17.5 Å². The van der Waals surface area contributed by atoms with Crippen molar-refractivity contribution in [2.24, 2.45) is 0 Å². The van der Waals surface area contributed by atoms with Gasteiger partial charge in [-0.1, -0.05) is 47.8 Å². The minimum Gasteiger partial charge on any atom is -0.208 e. The molecule has 0 N–H and O–H groups in total. The van der Waals surface area contributed by atoms with Gasteiger partial charge in [0.25, 0.3) is 0 Å². The largest absolute Gasteiger partial charge is 0.208 e. The van der Waals surface area contributed by atoms with Crippen molar-refractivity contribution in [2.45, 2.75) is 0 Å². The quantitative estimate of drug-likeness (QED) is 0.244. The Kier molecular flexibility index (Phi) is 6.04. The zero-order chi connectivity index (χ0) is 21.4. The van der Waals surface area contributed by atoms with Crippen LogP contribution in [0.4, 0.5) is 13.2 Å². The molecule has 0 amide bonds. The minimum atomic E-state index is -0.583. The normalized spacial score (nSPS) is 11.0. The predicted molar refractivity (Wildman–Crippen MR) is 119 cm³/mol. The Morgan fingerprint density at radius 1 is 0.467 bits per heavy atom. The third-order valence-corrected chi connectivity index (χ3v) is 5.63. The standard InChI is InChI=1S/C21H9Br3F3N3/c22-10-1-4-13(16(25)7-10)19-28-20(14-5-2-11(23)8-17(14)26)30-21(29-19)15-6-3-12(24)9-18(15)27/h1-9H. The van der Waals surface area contributed by atoms with E-state index in [2.05, 4.69) is 62.7 Å². The molecular weight excluding hydrogens is 591 g/mol. The van der Waals surface area contributed by atoms with E-state index >= 15 is 0 Å². The molecule has 3 aromatic carbocycles. The van der Waals surface area contributed by atoms with Gasteiger partial charge < -0.3 is 0 Å². The van der Waals surface area contributed by atoms with Crippen LogP contribution >= 0.6 is 47.8 Å². The highest BCUT2D eigenvalue weighted by Crippen LogP contribution is 2.30. The topological polar surface area (TPSA) is 38.7 Å². The molecule has 0 radical (unpaired) electrons. The zero-order valence-corrected chi connectivity index (χ0v) is 19.6. The molecule has 0 saturated carbocycles. The summed E-state index contributed by atoms with van der Waals surface area (Å²) in [6.45, 7) is 0. The van der Waals surface area contributed by atoms with E-state index in [1.165, 1.54) is 36.4 Å². The zero-order valence-electron chi connectivity index (χ0n) is 14.8. The Labute approximate surface area is 194 Å². The van der Waals surface area contributed by atoms with E-state index in [0.29, 0.717) is 13.4 Å². The summed E-state index contributed by atoms with van der Waals surface area (Å²) in [4.78, 5) is 12.8. The number of hydrogen-bond donors (Lipinski definition) is 0. The first-order chi connectivity index (χ1) is 14.3. The molecule has 0 aliphatic heterocycles. The summed E-state index contributed by atoms with van der Waals surface area (Å²) in [6.07, 6.45) is 0. The van der Waals surface area contributed by atoms with Crippen LogP contribution in [0.1, 0.15) is 0 Å². The summed E-state index contributed by atoms with van der Waals surface area (Å²) in [5.41, 5.74) is 0.245. The van der Waals surface area contributed by atoms with Gasteiger partial charge in [-0.3, -0.25) is 0 Å². The number of aromatic nitrogens is 3. The SMILES string of the molecule is Fc1cc(Br)ccc1-c1nc(-c2ccc(Br)cc2F)nc(-c2ccc(Br)cc2F)n1. The molecule has 150 valence electrons. The highest BCUT2D eigenvalue weighted by Gasteiger charge is 2.18. The summed E-state index contributed by atoms with van der Waals surface area (Å²) in [5.74, 6) is -1.86. The van der Waals surface area contributed by atoms with E-state index in [4.69, 9.17) is 0 Å². The maximum Gasteiger partial charge on any atom is 0.167 e. The Hall–Kier alpha value is -2.10. The van der Waals surface area contributed by atoms with Crippen molar-refractivity contribution in [3.63, 3.8) is 0 Å². The molecular formula is C21H9Br3F3N3. The van der Waals surface area contributed by atoms with Gasteiger partial charge in [0.05, 0.1) is 16.7 Å². The number of benzene rings is 3. The molecule has 4 rings (SSSR count). The van der Waals surface area contributed by atoms with E-state index in [1.54, 1.807) is 18.2 Å². The summed E-state index contributed by atoms with van der Waals surface area (Å²) in [5, 5.41) is 0. The second kappa shape index (κ2) is 8.56. The molecule has 3 nitrogen and oxygen atoms in total. The van der Waals surface area contributed by atoms with Crippen molar-refractivity contribution in [1.82, 2.24) is 15.0 Å². The average Bonchev–Trinajstić information content (AvgIpc) is 2.67. The lowest BCUT2D eigenvalue weighted by atomic mass is 10.1. The molecule has 1 aromatic heterocycles. The summed E-state index contributed by atoms with van der Waals surface area (Å²) in [7, 11) is 0. The number of nitrogens with zero attached hydrogens (tertiary/aromatic N) is 3. The van der Waals surface area contributed by atoms with Crippen molar-refractivity contribution >= 4 is 47.8 Å². The third kappa shape index (κ3) is 4.33. The lowest BCUT2D eigenvalue weighted by molar-refractivity contribution is 0.626. The van der Waals surface area contributed by atoms with Crippen molar-refractivity contribution in [1.29, 1.82) is 0 Å². The number of halogens is 6. The van der Waals surface area contributed by atoms with Gasteiger partial charge in [-0.15, -0.1) is 0 Å². The van der Waals surface area contributed by atoms with Crippen molar-refractivity contribution in [3.8, 4) is 34.2 Å². The molecule has 0 atom stereocenters. The van der Waals surface area contributed by atoms with E-state index in [9.17, 15) is 13.2 Å². The van der Waals surface area contributed by atoms with Crippen LogP contribution in [0.5, 0.6) is 0 Å². The van der Waals surface area contributed by atoms with Crippen LogP contribution in [0.25, 0.3) is 34.2 Å². The van der Waals surface area contributed by atoms with Crippen LogP contribution in [0.3, 0.4) is 0 Å². The molecule has 0 fully saturated rings. The Morgan fingerprint density at radius 2 is 0.733 bits per heavy atom. The molecule has 0 saturated heterocycles. The fourth-order valence-corrected chi connectivity index (χ4v) is 3.75. The van der Waals surface area contributed by atoms with Crippen LogP contribution in [0.15, 0.2) is 68.0 Å². The smallest absolute Gasteiger partial charge is 0.167 e. The highest BCUT2D eigenvalue weighted by atomic mass is 79.9. The van der Waals surface area contributed by atoms with Crippen molar-refractivity contribution < 1.29 is 13.2 Å². The number of hydrogen-bond acceptors (Lipinski definition) is 3. The Balaban J connectivity index is 1.98. The van der Waals surface area contributed by atoms with E-state index in [1.807, 2.05) is 0 Å². The molecule has 0 aliphatic rings. The van der Waals surface area contributed by atoms with Crippen molar-refractivity contribution in [2.75, 3.05) is 0 Å². The van der Waals surface area contributed by atoms with Crippen molar-refractivity contribution in [3.05, 3.63) is 85.5 Å². The Bertz CT molecular complexity index is 1110. The molecule has 9 heteroatoms. The fraction of sp³-hybridized carbons (Fsp3) is 0. The molecule has 0 aliphatic carbocycles. The van der Waals surface area contributed by atoms with Crippen LogP contribution in [-0.4, -0.2) is 15.0 Å². The van der Waals surface area contributed by atoms with Gasteiger partial charge >= 0.3 is 0 Å². The van der Waals surface area contributed by atoms with Crippen LogP contribution in [-0.2, 0) is 0 Å². The minimum absolute atomic E-state index is 0.0374. The lowest BCUT2D eigenvalue weighted by Crippen LogP contribution is -2.03. The molecule has 0 spiro atoms. The van der Waals surface area contributed by atoms with Crippen LogP contribution < -0.4 is 0 Å². The first kappa shape index (κ1) is 21.1. The maximum absolute atomic E-state index is 14.6. The van der Waals surface area contributed by atoms with Gasteiger partial charge in [-0.05, 0) is 54.6 Å². The predicted octanol–water partition coefficient (Wildman–Crippen LogP) is 7.58. The fourth-order valence-electron chi connectivity index (χ4n) is 2.75. The van der Waals surface area contributed by atoms with E-state index in [-0.39, 0.29) is 34.2 Å². The summed E-state index contributed by atoms with van der Waals surface area (Å²) in [6, 6.07) is 13.1. The Morgan fingerprint density at radius 3 is 0.967 bits per heavy atom. The third-order valence-electron chi connectivity index (χ3n) is 4.15. The second-order valence-corrected chi connectivity index (χ2v) is 8.93. The van der Waals surface area contributed by atoms with Gasteiger partial charge in [0.2, 0.25) is 0 Å². The lowest BCUT2D eigenvalue weighted by Gasteiger charge is -2.10. The monoisotopic (exact) mass is 597 g/mol. The summed E-state index contributed by atoms with van der Waals surface area (Å²) >= 11 is 9.61. The van der Waals surface area contributed by atoms with Gasteiger partial charge in [-0.25, -0.2) is 28.1 Å². The van der Waals surface area contributed by atoms with Crippen LogP contribution in [0.2, 0.25) is 0 Å². The molecule has 4 aromatic rings. The first-order valence-electron chi connectivity index (χ1n) is 8.44. The van der Waals surface area contributed by atoms with Gasteiger partial charge in [0.1, 0.15) is 17.5 Å².